The molecule has 0 saturated heterocycles. The van der Waals surface area contributed by atoms with Gasteiger partial charge in [-0.25, -0.2) is 4.68 Å². The number of amides is 1. The van der Waals surface area contributed by atoms with Gasteiger partial charge in [-0.05, 0) is 24.8 Å². The smallest absolute Gasteiger partial charge is 0.266 e. The van der Waals surface area contributed by atoms with Crippen LogP contribution in [0.2, 0.25) is 0 Å². The molecule has 1 aromatic heterocycles. The second-order valence-electron chi connectivity index (χ2n) is 5.16. The maximum Gasteiger partial charge on any atom is 0.266 e. The quantitative estimate of drug-likeness (QED) is 0.749. The van der Waals surface area contributed by atoms with Gasteiger partial charge in [0.05, 0.1) is 12.2 Å². The average molecular weight is 295 g/mol. The van der Waals surface area contributed by atoms with Crippen molar-refractivity contribution in [2.24, 2.45) is 13.0 Å². The summed E-state index contributed by atoms with van der Waals surface area (Å²) in [6.07, 6.45) is 1.54. The van der Waals surface area contributed by atoms with Crippen LogP contribution in [0.5, 0.6) is 0 Å². The molecule has 0 spiro atoms. The first kappa shape index (κ1) is 15.7. The predicted octanol–water partition coefficient (Wildman–Crippen LogP) is -0.380. The number of nitrogens with one attached hydrogen (secondary N) is 1. The maximum atomic E-state index is 12.2. The Bertz CT molecular complexity index is 566. The topological polar surface area (TPSA) is 82.5 Å². The molecule has 0 fully saturated rings. The number of methoxy groups -OCH3 is 2. The fraction of sp³-hybridized carbons (Fsp3) is 0.643. The van der Waals surface area contributed by atoms with E-state index in [-0.39, 0.29) is 17.4 Å². The second-order valence-corrected chi connectivity index (χ2v) is 5.16. The molecule has 1 aliphatic rings. The van der Waals surface area contributed by atoms with Crippen LogP contribution >= 0.6 is 0 Å². The van der Waals surface area contributed by atoms with Crippen LogP contribution in [0.25, 0.3) is 0 Å². The molecule has 0 bridgehead atoms. The van der Waals surface area contributed by atoms with Crippen molar-refractivity contribution in [2.75, 3.05) is 20.8 Å². The molecule has 1 heterocycles. The van der Waals surface area contributed by atoms with Crippen molar-refractivity contribution >= 4 is 5.91 Å². The molecule has 1 aromatic rings. The van der Waals surface area contributed by atoms with Crippen LogP contribution in [0.15, 0.2) is 10.9 Å². The van der Waals surface area contributed by atoms with E-state index in [1.54, 1.807) is 13.1 Å². The maximum absolute atomic E-state index is 12.2. The third-order valence-corrected chi connectivity index (χ3v) is 3.79. The standard InChI is InChI=1S/C14H21N3O4/c1-17-12(18)7-10-6-9(4-5-11(10)16-17)14(19)15-8-13(20-2)21-3/h7,9,13H,4-6,8H2,1-3H3,(H,15,19)/t9-/m1/s1. The number of carbonyl (C=O) groups excluding carboxylic acids is 1. The molecule has 7 nitrogen and oxygen atoms in total. The van der Waals surface area contributed by atoms with E-state index in [4.69, 9.17) is 9.47 Å². The predicted molar refractivity (Wildman–Crippen MR) is 75.8 cm³/mol. The number of hydrogen-bond acceptors (Lipinski definition) is 5. The van der Waals surface area contributed by atoms with Crippen LogP contribution in [-0.4, -0.2) is 42.7 Å². The Morgan fingerprint density at radius 1 is 1.52 bits per heavy atom. The highest BCUT2D eigenvalue weighted by atomic mass is 16.7. The largest absolute Gasteiger partial charge is 0.354 e. The lowest BCUT2D eigenvalue weighted by molar-refractivity contribution is -0.131. The highest BCUT2D eigenvalue weighted by Gasteiger charge is 2.26. The lowest BCUT2D eigenvalue weighted by Crippen LogP contribution is -2.40. The van der Waals surface area contributed by atoms with Crippen molar-refractivity contribution in [3.63, 3.8) is 0 Å². The zero-order valence-electron chi connectivity index (χ0n) is 12.6. The summed E-state index contributed by atoms with van der Waals surface area (Å²) in [4.78, 5) is 23.8. The number of carbonyl (C=O) groups is 1. The molecule has 1 aliphatic carbocycles. The number of ether oxygens (including phenoxy) is 2. The van der Waals surface area contributed by atoms with Crippen LogP contribution in [0.4, 0.5) is 0 Å². The molecule has 0 aromatic carbocycles. The molecule has 116 valence electrons. The molecule has 0 aliphatic heterocycles. The van der Waals surface area contributed by atoms with Gasteiger partial charge in [-0.1, -0.05) is 0 Å². The summed E-state index contributed by atoms with van der Waals surface area (Å²) in [5, 5.41) is 7.06. The van der Waals surface area contributed by atoms with Crippen molar-refractivity contribution in [3.8, 4) is 0 Å². The fourth-order valence-electron chi connectivity index (χ4n) is 2.50. The molecule has 21 heavy (non-hydrogen) atoms. The van der Waals surface area contributed by atoms with Gasteiger partial charge in [0.15, 0.2) is 6.29 Å². The fourth-order valence-corrected chi connectivity index (χ4v) is 2.50. The summed E-state index contributed by atoms with van der Waals surface area (Å²) >= 11 is 0. The van der Waals surface area contributed by atoms with Crippen LogP contribution in [0.3, 0.4) is 0 Å². The summed E-state index contributed by atoms with van der Waals surface area (Å²) in [6, 6.07) is 1.58. The third-order valence-electron chi connectivity index (χ3n) is 3.79. The third kappa shape index (κ3) is 3.68. The molecule has 1 amide bonds. The zero-order valence-corrected chi connectivity index (χ0v) is 12.6. The summed E-state index contributed by atoms with van der Waals surface area (Å²) in [6.45, 7) is 0.310. The average Bonchev–Trinajstić information content (AvgIpc) is 2.48. The molecular formula is C14H21N3O4. The number of rotatable bonds is 5. The van der Waals surface area contributed by atoms with Gasteiger partial charge < -0.3 is 14.8 Å². The van der Waals surface area contributed by atoms with Gasteiger partial charge >= 0.3 is 0 Å². The molecule has 0 unspecified atom stereocenters. The lowest BCUT2D eigenvalue weighted by Gasteiger charge is -2.24. The van der Waals surface area contributed by atoms with Gasteiger partial charge in [-0.2, -0.15) is 5.10 Å². The first-order valence-corrected chi connectivity index (χ1v) is 6.94. The van der Waals surface area contributed by atoms with Crippen LogP contribution in [0, 0.1) is 5.92 Å². The van der Waals surface area contributed by atoms with Crippen molar-refractivity contribution in [3.05, 3.63) is 27.7 Å². The molecule has 2 rings (SSSR count). The van der Waals surface area contributed by atoms with E-state index in [9.17, 15) is 9.59 Å². The van der Waals surface area contributed by atoms with E-state index in [1.165, 1.54) is 18.9 Å². The van der Waals surface area contributed by atoms with E-state index >= 15 is 0 Å². The van der Waals surface area contributed by atoms with E-state index in [0.29, 0.717) is 19.4 Å². The summed E-state index contributed by atoms with van der Waals surface area (Å²) in [5.41, 5.74) is 1.64. The zero-order chi connectivity index (χ0) is 15.4. The van der Waals surface area contributed by atoms with Crippen molar-refractivity contribution in [1.29, 1.82) is 0 Å². The summed E-state index contributed by atoms with van der Waals surface area (Å²) < 4.78 is 11.4. The summed E-state index contributed by atoms with van der Waals surface area (Å²) in [7, 11) is 4.69. The van der Waals surface area contributed by atoms with Crippen LogP contribution in [-0.2, 0) is 34.2 Å². The van der Waals surface area contributed by atoms with E-state index in [2.05, 4.69) is 10.4 Å². The Balaban J connectivity index is 1.99. The Morgan fingerprint density at radius 2 is 2.24 bits per heavy atom. The number of aryl methyl sites for hydroxylation is 2. The van der Waals surface area contributed by atoms with Crippen molar-refractivity contribution in [1.82, 2.24) is 15.1 Å². The Hall–Kier alpha value is -1.73. The number of fused-ring (bicyclic) bond motifs is 1. The van der Waals surface area contributed by atoms with E-state index in [1.807, 2.05) is 0 Å². The van der Waals surface area contributed by atoms with Gasteiger partial charge in [-0.15, -0.1) is 0 Å². The van der Waals surface area contributed by atoms with Gasteiger partial charge in [-0.3, -0.25) is 9.59 Å². The second kappa shape index (κ2) is 6.82. The van der Waals surface area contributed by atoms with Crippen LogP contribution < -0.4 is 10.9 Å². The van der Waals surface area contributed by atoms with Crippen LogP contribution in [0.1, 0.15) is 17.7 Å². The number of nitrogens with zero attached hydrogens (tertiary/aromatic N) is 2. The molecule has 0 saturated carbocycles. The van der Waals surface area contributed by atoms with Gasteiger partial charge in [0.25, 0.3) is 5.56 Å². The Kier molecular flexibility index (Phi) is 5.08. The minimum atomic E-state index is -0.446. The normalized spacial score (nSPS) is 17.6. The molecular weight excluding hydrogens is 274 g/mol. The Morgan fingerprint density at radius 3 is 2.90 bits per heavy atom. The molecule has 1 atom stereocenters. The lowest BCUT2D eigenvalue weighted by atomic mass is 9.86. The number of aromatic nitrogens is 2. The van der Waals surface area contributed by atoms with Gasteiger partial charge in [0.1, 0.15) is 0 Å². The molecule has 7 heteroatoms. The first-order valence-electron chi connectivity index (χ1n) is 6.94. The van der Waals surface area contributed by atoms with Crippen molar-refractivity contribution in [2.45, 2.75) is 25.6 Å². The summed E-state index contributed by atoms with van der Waals surface area (Å²) in [5.74, 6) is -0.179. The minimum absolute atomic E-state index is 0.0413. The van der Waals surface area contributed by atoms with E-state index < -0.39 is 6.29 Å². The first-order chi connectivity index (χ1) is 10.0. The molecule has 0 radical (unpaired) electrons. The highest BCUT2D eigenvalue weighted by molar-refractivity contribution is 5.79. The number of hydrogen-bond donors (Lipinski definition) is 1. The highest BCUT2D eigenvalue weighted by Crippen LogP contribution is 2.23. The minimum Gasteiger partial charge on any atom is -0.354 e. The monoisotopic (exact) mass is 295 g/mol. The van der Waals surface area contributed by atoms with Gasteiger partial charge in [0.2, 0.25) is 5.91 Å². The van der Waals surface area contributed by atoms with Crippen molar-refractivity contribution < 1.29 is 14.3 Å². The van der Waals surface area contributed by atoms with E-state index in [0.717, 1.165) is 17.7 Å². The SMILES string of the molecule is COC(CNC(=O)[C@@H]1CCc2nn(C)c(=O)cc2C1)OC. The van der Waals surface area contributed by atoms with Gasteiger partial charge in [0, 0.05) is 33.3 Å². The Labute approximate surface area is 123 Å². The molecule has 1 N–H and O–H groups in total.